The van der Waals surface area contributed by atoms with Gasteiger partial charge < -0.3 is 9.88 Å². The monoisotopic (exact) mass is 250 g/mol. The van der Waals surface area contributed by atoms with Crippen LogP contribution in [0.25, 0.3) is 0 Å². The Hall–Kier alpha value is -1.36. The molecule has 0 spiro atoms. The van der Waals surface area contributed by atoms with Crippen LogP contribution < -0.4 is 5.32 Å². The fourth-order valence-corrected chi connectivity index (χ4v) is 2.30. The molecule has 0 amide bonds. The van der Waals surface area contributed by atoms with Gasteiger partial charge in [0.15, 0.2) is 0 Å². The normalized spacial score (nSPS) is 10.8. The van der Waals surface area contributed by atoms with Crippen LogP contribution in [-0.4, -0.2) is 21.1 Å². The van der Waals surface area contributed by atoms with Crippen molar-refractivity contribution in [1.29, 1.82) is 0 Å². The largest absolute Gasteiger partial charge is 0.356 e. The highest BCUT2D eigenvalue weighted by molar-refractivity contribution is 7.09. The first-order valence-corrected chi connectivity index (χ1v) is 6.75. The van der Waals surface area contributed by atoms with Gasteiger partial charge in [-0.15, -0.1) is 11.3 Å². The lowest BCUT2D eigenvalue weighted by molar-refractivity contribution is 0.774. The summed E-state index contributed by atoms with van der Waals surface area (Å²) < 4.78 is 2.12. The van der Waals surface area contributed by atoms with E-state index in [9.17, 15) is 0 Å². The molecule has 0 aliphatic carbocycles. The zero-order chi connectivity index (χ0) is 12.3. The SMILES string of the molecule is CCCNc1nc(C)cn1Cc1csc(C)n1. The lowest BCUT2D eigenvalue weighted by atomic mass is 10.4. The van der Waals surface area contributed by atoms with Gasteiger partial charge in [-0.25, -0.2) is 9.97 Å². The minimum absolute atomic E-state index is 0.789. The van der Waals surface area contributed by atoms with E-state index in [1.165, 1.54) is 0 Å². The Bertz CT molecular complexity index is 486. The van der Waals surface area contributed by atoms with Gasteiger partial charge in [0.2, 0.25) is 5.95 Å². The highest BCUT2D eigenvalue weighted by atomic mass is 32.1. The van der Waals surface area contributed by atoms with E-state index in [4.69, 9.17) is 0 Å². The molecule has 1 N–H and O–H groups in total. The molecule has 2 heterocycles. The van der Waals surface area contributed by atoms with Gasteiger partial charge in [0.05, 0.1) is 22.9 Å². The molecule has 0 aliphatic heterocycles. The number of aromatic nitrogens is 3. The van der Waals surface area contributed by atoms with Gasteiger partial charge in [-0.2, -0.15) is 0 Å². The van der Waals surface area contributed by atoms with Crippen molar-refractivity contribution in [3.05, 3.63) is 28.0 Å². The second-order valence-corrected chi connectivity index (χ2v) is 5.18. The van der Waals surface area contributed by atoms with Gasteiger partial charge >= 0.3 is 0 Å². The van der Waals surface area contributed by atoms with Crippen molar-refractivity contribution >= 4 is 17.3 Å². The average Bonchev–Trinajstić information content (AvgIpc) is 2.83. The van der Waals surface area contributed by atoms with Crippen LogP contribution in [0.2, 0.25) is 0 Å². The number of hydrogen-bond acceptors (Lipinski definition) is 4. The molecule has 0 radical (unpaired) electrons. The Balaban J connectivity index is 2.14. The molecule has 0 fully saturated rings. The third kappa shape index (κ3) is 3.06. The standard InChI is InChI=1S/C12H18N4S/c1-4-5-13-12-14-9(2)6-16(12)7-11-8-17-10(3)15-11/h6,8H,4-5,7H2,1-3H3,(H,13,14). The van der Waals surface area contributed by atoms with Gasteiger partial charge in [-0.1, -0.05) is 6.92 Å². The van der Waals surface area contributed by atoms with E-state index in [0.29, 0.717) is 0 Å². The summed E-state index contributed by atoms with van der Waals surface area (Å²) in [7, 11) is 0. The smallest absolute Gasteiger partial charge is 0.203 e. The molecule has 0 aromatic carbocycles. The maximum atomic E-state index is 4.48. The minimum atomic E-state index is 0.789. The number of nitrogens with one attached hydrogen (secondary N) is 1. The molecular formula is C12H18N4S. The molecule has 0 atom stereocenters. The van der Waals surface area contributed by atoms with Gasteiger partial charge in [-0.05, 0) is 20.3 Å². The van der Waals surface area contributed by atoms with Crippen LogP contribution in [0, 0.1) is 13.8 Å². The fraction of sp³-hybridized carbons (Fsp3) is 0.500. The van der Waals surface area contributed by atoms with Crippen molar-refractivity contribution in [2.24, 2.45) is 0 Å². The summed E-state index contributed by atoms with van der Waals surface area (Å²) in [5.41, 5.74) is 2.14. The van der Waals surface area contributed by atoms with Gasteiger partial charge in [0.1, 0.15) is 0 Å². The lowest BCUT2D eigenvalue weighted by Crippen LogP contribution is -2.08. The topological polar surface area (TPSA) is 42.7 Å². The third-order valence-electron chi connectivity index (χ3n) is 2.43. The fourth-order valence-electron chi connectivity index (χ4n) is 1.70. The Morgan fingerprint density at radius 1 is 1.35 bits per heavy atom. The summed E-state index contributed by atoms with van der Waals surface area (Å²) in [5, 5.41) is 6.55. The molecule has 0 saturated carbocycles. The number of hydrogen-bond donors (Lipinski definition) is 1. The highest BCUT2D eigenvalue weighted by Crippen LogP contribution is 2.14. The predicted octanol–water partition coefficient (Wildman–Crippen LogP) is 2.83. The molecule has 0 unspecified atom stereocenters. The summed E-state index contributed by atoms with van der Waals surface area (Å²) >= 11 is 1.69. The van der Waals surface area contributed by atoms with Crippen molar-refractivity contribution < 1.29 is 0 Å². The van der Waals surface area contributed by atoms with E-state index in [1.54, 1.807) is 11.3 Å². The first kappa shape index (κ1) is 12.1. The van der Waals surface area contributed by atoms with Crippen molar-refractivity contribution in [1.82, 2.24) is 14.5 Å². The summed E-state index contributed by atoms with van der Waals surface area (Å²) in [5.74, 6) is 0.940. The van der Waals surface area contributed by atoms with Crippen LogP contribution >= 0.6 is 11.3 Å². The molecule has 0 bridgehead atoms. The molecule has 5 heteroatoms. The van der Waals surface area contributed by atoms with Crippen LogP contribution in [-0.2, 0) is 6.54 Å². The Morgan fingerprint density at radius 3 is 2.82 bits per heavy atom. The van der Waals surface area contributed by atoms with Crippen molar-refractivity contribution in [3.8, 4) is 0 Å². The minimum Gasteiger partial charge on any atom is -0.356 e. The van der Waals surface area contributed by atoms with E-state index in [2.05, 4.69) is 38.4 Å². The molecule has 0 saturated heterocycles. The second kappa shape index (κ2) is 5.31. The van der Waals surface area contributed by atoms with Crippen molar-refractivity contribution in [2.45, 2.75) is 33.7 Å². The molecule has 4 nitrogen and oxygen atoms in total. The van der Waals surface area contributed by atoms with Crippen molar-refractivity contribution in [2.75, 3.05) is 11.9 Å². The summed E-state index contributed by atoms with van der Waals surface area (Å²) in [6, 6.07) is 0. The van der Waals surface area contributed by atoms with Crippen LogP contribution in [0.15, 0.2) is 11.6 Å². The quantitative estimate of drug-likeness (QED) is 0.887. The lowest BCUT2D eigenvalue weighted by Gasteiger charge is -2.07. The third-order valence-corrected chi connectivity index (χ3v) is 3.25. The highest BCUT2D eigenvalue weighted by Gasteiger charge is 2.07. The van der Waals surface area contributed by atoms with E-state index in [1.807, 2.05) is 13.8 Å². The Labute approximate surface area is 106 Å². The zero-order valence-corrected chi connectivity index (χ0v) is 11.3. The number of rotatable bonds is 5. The van der Waals surface area contributed by atoms with E-state index in [0.717, 1.165) is 41.9 Å². The summed E-state index contributed by atoms with van der Waals surface area (Å²) in [6.07, 6.45) is 3.16. The second-order valence-electron chi connectivity index (χ2n) is 4.12. The molecule has 2 aromatic heterocycles. The first-order chi connectivity index (χ1) is 8.19. The number of aryl methyl sites for hydroxylation is 2. The molecule has 0 aliphatic rings. The Kier molecular flexibility index (Phi) is 3.78. The molecular weight excluding hydrogens is 232 g/mol. The summed E-state index contributed by atoms with van der Waals surface area (Å²) in [4.78, 5) is 8.96. The van der Waals surface area contributed by atoms with Gasteiger partial charge in [-0.3, -0.25) is 0 Å². The molecule has 2 rings (SSSR count). The summed E-state index contributed by atoms with van der Waals surface area (Å²) in [6.45, 7) is 7.93. The van der Waals surface area contributed by atoms with Crippen molar-refractivity contribution in [3.63, 3.8) is 0 Å². The molecule has 92 valence electrons. The average molecular weight is 250 g/mol. The number of imidazole rings is 1. The van der Waals surface area contributed by atoms with Crippen LogP contribution in [0.4, 0.5) is 5.95 Å². The van der Waals surface area contributed by atoms with Crippen LogP contribution in [0.1, 0.15) is 29.7 Å². The number of nitrogens with zero attached hydrogens (tertiary/aromatic N) is 3. The van der Waals surface area contributed by atoms with E-state index < -0.39 is 0 Å². The first-order valence-electron chi connectivity index (χ1n) is 5.87. The van der Waals surface area contributed by atoms with Gasteiger partial charge in [0, 0.05) is 18.1 Å². The molecule has 17 heavy (non-hydrogen) atoms. The van der Waals surface area contributed by atoms with Crippen LogP contribution in [0.3, 0.4) is 0 Å². The molecule has 2 aromatic rings. The predicted molar refractivity (Wildman–Crippen MR) is 71.7 cm³/mol. The van der Waals surface area contributed by atoms with E-state index >= 15 is 0 Å². The zero-order valence-electron chi connectivity index (χ0n) is 10.5. The van der Waals surface area contributed by atoms with Gasteiger partial charge in [0.25, 0.3) is 0 Å². The Morgan fingerprint density at radius 2 is 2.18 bits per heavy atom. The van der Waals surface area contributed by atoms with E-state index in [-0.39, 0.29) is 0 Å². The maximum absolute atomic E-state index is 4.48. The maximum Gasteiger partial charge on any atom is 0.203 e. The number of thiazole rings is 1. The number of anilines is 1. The van der Waals surface area contributed by atoms with Crippen LogP contribution in [0.5, 0.6) is 0 Å².